The van der Waals surface area contributed by atoms with Gasteiger partial charge in [0.05, 0.1) is 6.54 Å². The van der Waals surface area contributed by atoms with Gasteiger partial charge >= 0.3 is 6.03 Å². The minimum atomic E-state index is 0.0296. The van der Waals surface area contributed by atoms with Crippen molar-refractivity contribution in [3.63, 3.8) is 0 Å². The number of urea groups is 1. The lowest BCUT2D eigenvalue weighted by Gasteiger charge is -2.08. The van der Waals surface area contributed by atoms with Crippen molar-refractivity contribution in [1.82, 2.24) is 10.6 Å². The fourth-order valence-corrected chi connectivity index (χ4v) is 11.3. The van der Waals surface area contributed by atoms with Crippen molar-refractivity contribution in [2.45, 2.75) is 439 Å². The average Bonchev–Trinajstić information content (AvgIpc) is 3.47. The fraction of sp³-hybridized carbons (Fsp3) is 0.973. The first-order valence-corrected chi connectivity index (χ1v) is 37.4. The number of rotatable bonds is 67. The Bertz CT molecular complexity index is 1040. The zero-order valence-electron chi connectivity index (χ0n) is 55.9. The fourth-order valence-electron chi connectivity index (χ4n) is 11.3. The number of amides is 2. The molecule has 0 saturated heterocycles. The van der Waals surface area contributed by atoms with Gasteiger partial charge in [-0.1, -0.05) is 413 Å². The quantitative estimate of drug-likeness (QED) is 0.0322. The molecule has 0 aliphatic carbocycles. The molecule has 0 aromatic rings. The molecule has 480 valence electrons. The second-order valence-electron chi connectivity index (χ2n) is 25.2. The van der Waals surface area contributed by atoms with E-state index in [0.29, 0.717) is 6.54 Å². The highest BCUT2D eigenvalue weighted by Crippen LogP contribution is 2.18. The Morgan fingerprint density at radius 2 is 0.425 bits per heavy atom. The summed E-state index contributed by atoms with van der Waals surface area (Å²) in [5.41, 5.74) is 5.48. The predicted octanol–water partition coefficient (Wildman–Crippen LogP) is 25.6. The second kappa shape index (κ2) is 84.1. The molecule has 6 heteroatoms. The Kier molecular flexibility index (Phi) is 87.0. The molecular formula is C74H152N4O2. The van der Waals surface area contributed by atoms with E-state index in [0.717, 1.165) is 38.9 Å². The molecule has 0 heterocycles. The van der Waals surface area contributed by atoms with E-state index in [-0.39, 0.29) is 6.03 Å². The van der Waals surface area contributed by atoms with Crippen LogP contribution in [0.15, 0.2) is 4.99 Å². The van der Waals surface area contributed by atoms with Crippen LogP contribution in [0.25, 0.3) is 0 Å². The summed E-state index contributed by atoms with van der Waals surface area (Å²) in [7, 11) is 0. The first-order valence-electron chi connectivity index (χ1n) is 37.4. The molecule has 4 N–H and O–H groups in total. The molecule has 0 aromatic carbocycles. The van der Waals surface area contributed by atoms with Crippen molar-refractivity contribution >= 4 is 12.1 Å². The van der Waals surface area contributed by atoms with Gasteiger partial charge in [0.1, 0.15) is 0 Å². The summed E-state index contributed by atoms with van der Waals surface area (Å²) in [6.45, 7) is 12.3. The Hall–Kier alpha value is -1.39. The maximum atomic E-state index is 11.9. The van der Waals surface area contributed by atoms with E-state index in [9.17, 15) is 9.59 Å². The van der Waals surface area contributed by atoms with E-state index in [1.54, 1.807) is 6.08 Å². The summed E-state index contributed by atoms with van der Waals surface area (Å²) in [5, 5.41) is 6.07. The smallest absolute Gasteiger partial charge is 0.314 e. The molecule has 2 amide bonds. The van der Waals surface area contributed by atoms with Crippen LogP contribution in [0.5, 0.6) is 0 Å². The van der Waals surface area contributed by atoms with Gasteiger partial charge in [0.2, 0.25) is 6.08 Å². The second-order valence-corrected chi connectivity index (χ2v) is 25.2. The molecule has 0 atom stereocenters. The number of nitrogens with two attached hydrogens (primary N) is 1. The summed E-state index contributed by atoms with van der Waals surface area (Å²) >= 11 is 0. The van der Waals surface area contributed by atoms with Gasteiger partial charge in [-0.15, -0.1) is 0 Å². The third-order valence-corrected chi connectivity index (χ3v) is 16.9. The van der Waals surface area contributed by atoms with Gasteiger partial charge in [-0.2, -0.15) is 0 Å². The molecule has 0 bridgehead atoms. The molecule has 0 radical (unpaired) electrons. The number of unbranched alkanes of at least 4 members (excludes halogenated alkanes) is 60. The average molecular weight is 1130 g/mol. The van der Waals surface area contributed by atoms with Gasteiger partial charge in [0.25, 0.3) is 0 Å². The number of isocyanates is 1. The number of hydrogen-bond acceptors (Lipinski definition) is 4. The molecule has 0 fully saturated rings. The topological polar surface area (TPSA) is 96.6 Å². The standard InChI is InChI=1S/C37H76N2O.C19H37NO.C18H39N/c1-3-5-7-9-11-13-15-17-19-21-23-25-27-29-31-33-35-38-37(40)39-36-34-32-30-28-26-24-22-20-18-16-14-12-10-8-6-4-2;1-2-3-4-5-6-7-8-9-10-11-12-13-14-15-16-17-18-20-19-21;1-2-3-4-5-6-7-8-9-10-11-12-13-14-15-16-17-18-19/h3-36H2,1-2H3,(H2,38,39,40);2-18H2,1H3;2-19H2,1H3. The molecule has 0 unspecified atom stereocenters. The van der Waals surface area contributed by atoms with Crippen LogP contribution in [0.2, 0.25) is 0 Å². The molecule has 0 rings (SSSR count). The van der Waals surface area contributed by atoms with Crippen LogP contribution in [0.3, 0.4) is 0 Å². The van der Waals surface area contributed by atoms with E-state index in [1.807, 2.05) is 0 Å². The van der Waals surface area contributed by atoms with E-state index in [1.165, 1.54) is 392 Å². The third kappa shape index (κ3) is 87.8. The van der Waals surface area contributed by atoms with Crippen molar-refractivity contribution in [2.75, 3.05) is 26.2 Å². The lowest BCUT2D eigenvalue weighted by Crippen LogP contribution is -2.36. The predicted molar refractivity (Wildman–Crippen MR) is 362 cm³/mol. The van der Waals surface area contributed by atoms with Crippen molar-refractivity contribution < 1.29 is 9.59 Å². The highest BCUT2D eigenvalue weighted by molar-refractivity contribution is 5.73. The van der Waals surface area contributed by atoms with Gasteiger partial charge in [0, 0.05) is 13.1 Å². The highest BCUT2D eigenvalue weighted by Gasteiger charge is 2.01. The summed E-state index contributed by atoms with van der Waals surface area (Å²) in [6.07, 6.45) is 90.9. The van der Waals surface area contributed by atoms with Crippen LogP contribution in [-0.2, 0) is 4.79 Å². The van der Waals surface area contributed by atoms with Gasteiger partial charge in [0.15, 0.2) is 0 Å². The zero-order chi connectivity index (χ0) is 58.5. The summed E-state index contributed by atoms with van der Waals surface area (Å²) in [6, 6.07) is 0.0296. The molecule has 0 aromatic heterocycles. The normalized spacial score (nSPS) is 11.0. The van der Waals surface area contributed by atoms with Crippen molar-refractivity contribution in [1.29, 1.82) is 0 Å². The molecule has 0 spiro atoms. The lowest BCUT2D eigenvalue weighted by molar-refractivity contribution is 0.240. The molecule has 0 aliphatic heterocycles. The third-order valence-electron chi connectivity index (χ3n) is 16.9. The number of carbonyl (C=O) groups is 1. The molecular weight excluding hydrogens is 977 g/mol. The minimum absolute atomic E-state index is 0.0296. The minimum Gasteiger partial charge on any atom is -0.338 e. The Balaban J connectivity index is -0.00000124. The molecule has 80 heavy (non-hydrogen) atoms. The lowest BCUT2D eigenvalue weighted by atomic mass is 10.0. The van der Waals surface area contributed by atoms with Crippen molar-refractivity contribution in [3.05, 3.63) is 0 Å². The molecule has 0 saturated carbocycles. The monoisotopic (exact) mass is 1130 g/mol. The van der Waals surface area contributed by atoms with E-state index in [2.05, 4.69) is 43.3 Å². The van der Waals surface area contributed by atoms with Gasteiger partial charge in [-0.3, -0.25) is 0 Å². The van der Waals surface area contributed by atoms with Crippen LogP contribution in [0.4, 0.5) is 4.79 Å². The zero-order valence-corrected chi connectivity index (χ0v) is 55.9. The molecule has 6 nitrogen and oxygen atoms in total. The number of carbonyl (C=O) groups excluding carboxylic acids is 2. The largest absolute Gasteiger partial charge is 0.338 e. The van der Waals surface area contributed by atoms with Crippen LogP contribution < -0.4 is 16.4 Å². The van der Waals surface area contributed by atoms with Gasteiger partial charge in [-0.25, -0.2) is 14.6 Å². The first-order chi connectivity index (χ1) is 39.6. The van der Waals surface area contributed by atoms with Gasteiger partial charge in [-0.05, 0) is 32.2 Å². The maximum Gasteiger partial charge on any atom is 0.314 e. The van der Waals surface area contributed by atoms with Crippen molar-refractivity contribution in [2.24, 2.45) is 10.7 Å². The SMILES string of the molecule is CCCCCCCCCCCCCCCCCCN.CCCCCCCCCCCCCCCCCCN=C=O.CCCCCCCCCCCCCCCCCCNC(=O)NCCCCCCCCCCCCCCCCCC. The highest BCUT2D eigenvalue weighted by atomic mass is 16.2. The Labute approximate surface area is 505 Å². The summed E-state index contributed by atoms with van der Waals surface area (Å²) in [5.74, 6) is 0. The van der Waals surface area contributed by atoms with Crippen LogP contribution in [0, 0.1) is 0 Å². The number of aliphatic imine (C=N–C) groups is 1. The summed E-state index contributed by atoms with van der Waals surface area (Å²) < 4.78 is 0. The Morgan fingerprint density at radius 1 is 0.263 bits per heavy atom. The number of nitrogens with one attached hydrogen (secondary N) is 2. The van der Waals surface area contributed by atoms with Crippen LogP contribution >= 0.6 is 0 Å². The summed E-state index contributed by atoms with van der Waals surface area (Å²) in [4.78, 5) is 25.4. The van der Waals surface area contributed by atoms with Crippen LogP contribution in [0.1, 0.15) is 439 Å². The van der Waals surface area contributed by atoms with Crippen LogP contribution in [-0.4, -0.2) is 38.3 Å². The van der Waals surface area contributed by atoms with E-state index < -0.39 is 0 Å². The Morgan fingerprint density at radius 3 is 0.600 bits per heavy atom. The van der Waals surface area contributed by atoms with Gasteiger partial charge < -0.3 is 16.4 Å². The first kappa shape index (κ1) is 82.8. The maximum absolute atomic E-state index is 11.9. The van der Waals surface area contributed by atoms with E-state index in [4.69, 9.17) is 5.73 Å². The number of nitrogens with zero attached hydrogens (tertiary/aromatic N) is 1. The number of hydrogen-bond donors (Lipinski definition) is 3. The van der Waals surface area contributed by atoms with Crippen molar-refractivity contribution in [3.8, 4) is 0 Å². The molecule has 0 aliphatic rings. The van der Waals surface area contributed by atoms with E-state index >= 15 is 0 Å².